The van der Waals surface area contributed by atoms with Crippen LogP contribution in [-0.4, -0.2) is 83.2 Å². The number of alkyl halides is 15. The number of nitrogens with zero attached hydrogens (tertiary/aromatic N) is 1. The van der Waals surface area contributed by atoms with Gasteiger partial charge in [-0.15, -0.1) is 0 Å². The minimum atomic E-state index is -8.66. The molecule has 0 aromatic rings. The lowest BCUT2D eigenvalue weighted by Gasteiger charge is -2.41. The Hall–Kier alpha value is -1.03. The van der Waals surface area contributed by atoms with Crippen molar-refractivity contribution in [2.75, 3.05) is 19.7 Å². The highest BCUT2D eigenvalue weighted by Gasteiger charge is 2.94. The summed E-state index contributed by atoms with van der Waals surface area (Å²) in [5.41, 5.74) is 0. The van der Waals surface area contributed by atoms with Crippen LogP contribution < -0.4 is 0 Å². The van der Waals surface area contributed by atoms with Crippen molar-refractivity contribution in [1.82, 2.24) is 4.31 Å². The summed E-state index contributed by atoms with van der Waals surface area (Å²) in [5.74, 6) is -42.3. The molecule has 0 aliphatic heterocycles. The average molecular weight is 601 g/mol. The van der Waals surface area contributed by atoms with Gasteiger partial charge in [0.2, 0.25) is 0 Å². The summed E-state index contributed by atoms with van der Waals surface area (Å²) in [6.07, 6.45) is -7.81. The maximum absolute atomic E-state index is 14.0. The molecule has 35 heavy (non-hydrogen) atoms. The first-order valence-electron chi connectivity index (χ1n) is 7.95. The third-order valence-corrected chi connectivity index (χ3v) is 6.46. The maximum Gasteiger partial charge on any atom is 0.469 e. The smallest absolute Gasteiger partial charge is 0.303 e. The van der Waals surface area contributed by atoms with Crippen LogP contribution in [0.25, 0.3) is 0 Å². The number of rotatable bonds is 12. The molecule has 0 spiro atoms. The lowest BCUT2D eigenvalue weighted by atomic mass is 9.94. The van der Waals surface area contributed by atoms with Crippen LogP contribution in [0, 0.1) is 0 Å². The van der Waals surface area contributed by atoms with E-state index in [-0.39, 0.29) is 0 Å². The molecular formula is C11H11F15NO6PS. The van der Waals surface area contributed by atoms with Crippen molar-refractivity contribution in [3.8, 4) is 0 Å². The Kier molecular flexibility index (Phi) is 9.09. The molecule has 0 fully saturated rings. The lowest BCUT2D eigenvalue weighted by Crippen LogP contribution is -2.73. The van der Waals surface area contributed by atoms with Crippen LogP contribution in [0.2, 0.25) is 0 Å². The van der Waals surface area contributed by atoms with Crippen LogP contribution in [-0.2, 0) is 19.1 Å². The minimum Gasteiger partial charge on any atom is -0.303 e. The number of sulfonamides is 1. The molecule has 0 heterocycles. The third kappa shape index (κ3) is 5.34. The van der Waals surface area contributed by atoms with Crippen LogP contribution in [0.15, 0.2) is 0 Å². The van der Waals surface area contributed by atoms with Crippen LogP contribution >= 0.6 is 7.82 Å². The van der Waals surface area contributed by atoms with Gasteiger partial charge in [0, 0.05) is 13.1 Å². The van der Waals surface area contributed by atoms with E-state index >= 15 is 0 Å². The molecule has 0 atom stereocenters. The Labute approximate surface area is 184 Å². The second-order valence-corrected chi connectivity index (χ2v) is 9.43. The minimum absolute atomic E-state index is 0.466. The van der Waals surface area contributed by atoms with E-state index in [1.807, 2.05) is 0 Å². The van der Waals surface area contributed by atoms with E-state index in [2.05, 4.69) is 4.52 Å². The topological polar surface area (TPSA) is 104 Å². The Morgan fingerprint density at radius 2 is 1.06 bits per heavy atom. The Bertz CT molecular complexity index is 915. The Morgan fingerprint density at radius 3 is 1.37 bits per heavy atom. The summed E-state index contributed by atoms with van der Waals surface area (Å²) >= 11 is 0. The Balaban J connectivity index is 6.65. The van der Waals surface area contributed by atoms with Crippen LogP contribution in [0.4, 0.5) is 65.9 Å². The molecule has 0 unspecified atom stereocenters. The van der Waals surface area contributed by atoms with Gasteiger partial charge < -0.3 is 9.79 Å². The van der Waals surface area contributed by atoms with Crippen molar-refractivity contribution in [3.63, 3.8) is 0 Å². The van der Waals surface area contributed by atoms with Gasteiger partial charge in [-0.3, -0.25) is 4.52 Å². The second-order valence-electron chi connectivity index (χ2n) is 6.21. The van der Waals surface area contributed by atoms with E-state index in [0.29, 0.717) is 6.92 Å². The molecule has 0 amide bonds. The number of hydrogen-bond donors (Lipinski definition) is 2. The zero-order valence-corrected chi connectivity index (χ0v) is 17.8. The summed E-state index contributed by atoms with van der Waals surface area (Å²) in [5, 5.41) is -7.62. The molecule has 0 aromatic heterocycles. The standard InChI is InChI=1S/C11H11F15NO6PS/c1-2-27(3-4-33-34(28,29)30)35(31,32)11(25,26)9(20,21)7(16,17)5(12,13)6(14,15)8(18,19)10(22,23)24/h2-4H2,1H3,(H2,28,29,30). The number of hydrogen-bond acceptors (Lipinski definition) is 4. The first-order valence-corrected chi connectivity index (χ1v) is 10.9. The number of likely N-dealkylation sites (N-methyl/N-ethyl adjacent to an activating group) is 1. The fourth-order valence-corrected chi connectivity index (χ4v) is 3.74. The fourth-order valence-electron chi connectivity index (χ4n) is 1.99. The highest BCUT2D eigenvalue weighted by molar-refractivity contribution is 7.90. The van der Waals surface area contributed by atoms with E-state index < -0.39 is 82.9 Å². The van der Waals surface area contributed by atoms with E-state index in [1.165, 1.54) is 0 Å². The van der Waals surface area contributed by atoms with E-state index in [4.69, 9.17) is 9.79 Å². The maximum atomic E-state index is 14.0. The first kappa shape index (κ1) is 34.0. The molecule has 0 aromatic carbocycles. The first-order chi connectivity index (χ1) is 14.9. The summed E-state index contributed by atoms with van der Waals surface area (Å²) in [6, 6.07) is 0. The molecule has 2 N–H and O–H groups in total. The monoisotopic (exact) mass is 601 g/mol. The summed E-state index contributed by atoms with van der Waals surface area (Å²) in [4.78, 5) is 16.7. The fraction of sp³-hybridized carbons (Fsp3) is 1.00. The van der Waals surface area contributed by atoms with Crippen molar-refractivity contribution in [1.29, 1.82) is 0 Å². The lowest BCUT2D eigenvalue weighted by molar-refractivity contribution is -0.447. The molecule has 212 valence electrons. The number of phosphoric ester groups is 1. The summed E-state index contributed by atoms with van der Waals surface area (Å²) in [6.45, 7) is -4.45. The highest BCUT2D eigenvalue weighted by atomic mass is 32.2. The molecule has 0 aliphatic rings. The molecule has 0 bridgehead atoms. The van der Waals surface area contributed by atoms with Crippen LogP contribution in [0.1, 0.15) is 6.92 Å². The van der Waals surface area contributed by atoms with E-state index in [9.17, 15) is 78.8 Å². The van der Waals surface area contributed by atoms with Gasteiger partial charge in [-0.2, -0.15) is 70.2 Å². The predicted molar refractivity (Wildman–Crippen MR) is 79.9 cm³/mol. The van der Waals surface area contributed by atoms with E-state index in [0.717, 1.165) is 0 Å². The summed E-state index contributed by atoms with van der Waals surface area (Å²) in [7, 11) is -12.9. The largest absolute Gasteiger partial charge is 0.469 e. The molecule has 7 nitrogen and oxygen atoms in total. The molecule has 0 saturated carbocycles. The summed E-state index contributed by atoms with van der Waals surface area (Å²) < 4.78 is 234. The van der Waals surface area contributed by atoms with Gasteiger partial charge >= 0.3 is 48.9 Å². The quantitative estimate of drug-likeness (QED) is 0.258. The van der Waals surface area contributed by atoms with Gasteiger partial charge in [-0.05, 0) is 0 Å². The van der Waals surface area contributed by atoms with Gasteiger partial charge in [-0.1, -0.05) is 6.92 Å². The molecular weight excluding hydrogens is 590 g/mol. The van der Waals surface area contributed by atoms with Gasteiger partial charge in [-0.25, -0.2) is 13.0 Å². The van der Waals surface area contributed by atoms with Gasteiger partial charge in [0.1, 0.15) is 0 Å². The molecule has 0 rings (SSSR count). The second kappa shape index (κ2) is 9.37. The van der Waals surface area contributed by atoms with Gasteiger partial charge in [0.05, 0.1) is 6.61 Å². The number of halogens is 15. The zero-order chi connectivity index (χ0) is 28.9. The molecule has 0 saturated heterocycles. The van der Waals surface area contributed by atoms with Crippen molar-refractivity contribution in [2.24, 2.45) is 0 Å². The van der Waals surface area contributed by atoms with Crippen LogP contribution in [0.3, 0.4) is 0 Å². The van der Waals surface area contributed by atoms with Crippen molar-refractivity contribution < 1.29 is 93.1 Å². The van der Waals surface area contributed by atoms with Crippen molar-refractivity contribution >= 4 is 17.8 Å². The Morgan fingerprint density at radius 1 is 0.714 bits per heavy atom. The van der Waals surface area contributed by atoms with Gasteiger partial charge in [0.25, 0.3) is 10.0 Å². The normalized spacial score (nSPS) is 16.2. The zero-order valence-electron chi connectivity index (χ0n) is 16.1. The highest BCUT2D eigenvalue weighted by Crippen LogP contribution is 2.63. The van der Waals surface area contributed by atoms with Gasteiger partial charge in [0.15, 0.2) is 0 Å². The molecule has 24 heteroatoms. The predicted octanol–water partition coefficient (Wildman–Crippen LogP) is 4.08. The number of phosphoric acid groups is 1. The van der Waals surface area contributed by atoms with Crippen molar-refractivity contribution in [3.05, 3.63) is 0 Å². The molecule has 0 radical (unpaired) electrons. The van der Waals surface area contributed by atoms with Crippen molar-refractivity contribution in [2.45, 2.75) is 48.0 Å². The SMILES string of the molecule is CCN(CCOP(=O)(O)O)S(=O)(=O)C(F)(F)C(F)(F)C(F)(F)C(F)(F)C(F)(F)C(F)(F)C(F)(F)F. The van der Waals surface area contributed by atoms with E-state index in [1.54, 1.807) is 0 Å². The molecule has 0 aliphatic carbocycles. The average Bonchev–Trinajstić information content (AvgIpc) is 2.62. The van der Waals surface area contributed by atoms with Crippen LogP contribution in [0.5, 0.6) is 0 Å². The third-order valence-electron chi connectivity index (χ3n) is 3.92.